The molecule has 1 aliphatic carbocycles. The average Bonchev–Trinajstić information content (AvgIpc) is 3.08. The van der Waals surface area contributed by atoms with Gasteiger partial charge in [0.2, 0.25) is 0 Å². The predicted octanol–water partition coefficient (Wildman–Crippen LogP) is 2.80. The SMILES string of the molecule is CC(C)N(CC1CC1)c1cc(N)cc([N+](=O)[O-])c1. The van der Waals surface area contributed by atoms with Crippen LogP contribution < -0.4 is 10.6 Å². The number of rotatable bonds is 5. The zero-order valence-corrected chi connectivity index (χ0v) is 10.8. The van der Waals surface area contributed by atoms with Gasteiger partial charge in [-0.3, -0.25) is 10.1 Å². The van der Waals surface area contributed by atoms with Crippen LogP contribution in [-0.4, -0.2) is 17.5 Å². The highest BCUT2D eigenvalue weighted by Crippen LogP contribution is 2.34. The maximum atomic E-state index is 10.9. The molecule has 2 N–H and O–H groups in total. The Morgan fingerprint density at radius 2 is 2.11 bits per heavy atom. The van der Waals surface area contributed by atoms with Gasteiger partial charge in [-0.25, -0.2) is 0 Å². The van der Waals surface area contributed by atoms with Gasteiger partial charge in [-0.1, -0.05) is 0 Å². The minimum atomic E-state index is -0.393. The highest BCUT2D eigenvalue weighted by molar-refractivity contribution is 5.63. The van der Waals surface area contributed by atoms with E-state index in [1.807, 2.05) is 6.07 Å². The Morgan fingerprint density at radius 3 is 2.61 bits per heavy atom. The number of nitrogen functional groups attached to an aromatic ring is 1. The van der Waals surface area contributed by atoms with E-state index >= 15 is 0 Å². The van der Waals surface area contributed by atoms with Gasteiger partial charge in [-0.2, -0.15) is 0 Å². The van der Waals surface area contributed by atoms with Crippen molar-refractivity contribution >= 4 is 17.1 Å². The first kappa shape index (κ1) is 12.7. The van der Waals surface area contributed by atoms with Crippen LogP contribution in [0.3, 0.4) is 0 Å². The molecule has 0 spiro atoms. The molecule has 5 heteroatoms. The van der Waals surface area contributed by atoms with Crippen LogP contribution in [0.1, 0.15) is 26.7 Å². The fourth-order valence-electron chi connectivity index (χ4n) is 2.08. The Kier molecular flexibility index (Phi) is 3.41. The summed E-state index contributed by atoms with van der Waals surface area (Å²) in [5.41, 5.74) is 7.11. The van der Waals surface area contributed by atoms with E-state index in [0.29, 0.717) is 11.7 Å². The zero-order chi connectivity index (χ0) is 13.3. The van der Waals surface area contributed by atoms with Gasteiger partial charge < -0.3 is 10.6 Å². The standard InChI is InChI=1S/C13H19N3O2/c1-9(2)15(8-10-3-4-10)12-5-11(14)6-13(7-12)16(17)18/h5-7,9-10H,3-4,8,14H2,1-2H3. The summed E-state index contributed by atoms with van der Waals surface area (Å²) in [6.45, 7) is 5.15. The third-order valence-corrected chi connectivity index (χ3v) is 3.24. The summed E-state index contributed by atoms with van der Waals surface area (Å²) >= 11 is 0. The van der Waals surface area contributed by atoms with Crippen molar-refractivity contribution in [1.29, 1.82) is 0 Å². The van der Waals surface area contributed by atoms with Crippen LogP contribution in [0.15, 0.2) is 18.2 Å². The average molecular weight is 249 g/mol. The number of benzene rings is 1. The minimum absolute atomic E-state index is 0.0615. The minimum Gasteiger partial charge on any atom is -0.398 e. The van der Waals surface area contributed by atoms with E-state index in [4.69, 9.17) is 5.73 Å². The molecule has 18 heavy (non-hydrogen) atoms. The van der Waals surface area contributed by atoms with Crippen molar-refractivity contribution < 1.29 is 4.92 Å². The summed E-state index contributed by atoms with van der Waals surface area (Å²) < 4.78 is 0. The molecule has 1 saturated carbocycles. The Morgan fingerprint density at radius 1 is 1.44 bits per heavy atom. The molecule has 0 saturated heterocycles. The number of hydrogen-bond acceptors (Lipinski definition) is 4. The van der Waals surface area contributed by atoms with Gasteiger partial charge in [0.05, 0.1) is 4.92 Å². The summed E-state index contributed by atoms with van der Waals surface area (Å²) in [4.78, 5) is 12.7. The molecule has 1 aromatic carbocycles. The Bertz CT molecular complexity index is 456. The molecule has 2 rings (SSSR count). The van der Waals surface area contributed by atoms with Crippen LogP contribution in [0.4, 0.5) is 17.1 Å². The molecule has 1 aromatic rings. The smallest absolute Gasteiger partial charge is 0.273 e. The first-order valence-corrected chi connectivity index (χ1v) is 6.29. The van der Waals surface area contributed by atoms with E-state index in [-0.39, 0.29) is 5.69 Å². The molecule has 0 bridgehead atoms. The maximum absolute atomic E-state index is 10.9. The molecule has 0 amide bonds. The van der Waals surface area contributed by atoms with Crippen LogP contribution in [0.25, 0.3) is 0 Å². The van der Waals surface area contributed by atoms with Gasteiger partial charge in [0.15, 0.2) is 0 Å². The highest BCUT2D eigenvalue weighted by Gasteiger charge is 2.26. The summed E-state index contributed by atoms with van der Waals surface area (Å²) in [5.74, 6) is 0.730. The summed E-state index contributed by atoms with van der Waals surface area (Å²) in [7, 11) is 0. The van der Waals surface area contributed by atoms with Crippen LogP contribution in [-0.2, 0) is 0 Å². The molecule has 0 heterocycles. The van der Waals surface area contributed by atoms with Crippen LogP contribution in [0, 0.1) is 16.0 Å². The number of nitrogens with two attached hydrogens (primary N) is 1. The van der Waals surface area contributed by atoms with Crippen molar-refractivity contribution in [2.24, 2.45) is 5.92 Å². The molecule has 98 valence electrons. The van der Waals surface area contributed by atoms with Gasteiger partial charge in [0.1, 0.15) is 0 Å². The molecule has 1 fully saturated rings. The van der Waals surface area contributed by atoms with Crippen molar-refractivity contribution in [2.75, 3.05) is 17.2 Å². The second-order valence-electron chi connectivity index (χ2n) is 5.23. The van der Waals surface area contributed by atoms with Crippen molar-refractivity contribution in [1.82, 2.24) is 0 Å². The zero-order valence-electron chi connectivity index (χ0n) is 10.8. The maximum Gasteiger partial charge on any atom is 0.273 e. The van der Waals surface area contributed by atoms with E-state index in [1.165, 1.54) is 18.9 Å². The largest absolute Gasteiger partial charge is 0.398 e. The van der Waals surface area contributed by atoms with Gasteiger partial charge in [0.25, 0.3) is 5.69 Å². The molecule has 0 aliphatic heterocycles. The van der Waals surface area contributed by atoms with Gasteiger partial charge in [-0.15, -0.1) is 0 Å². The monoisotopic (exact) mass is 249 g/mol. The van der Waals surface area contributed by atoms with E-state index in [9.17, 15) is 10.1 Å². The van der Waals surface area contributed by atoms with Gasteiger partial charge in [0, 0.05) is 36.1 Å². The number of nitro groups is 1. The van der Waals surface area contributed by atoms with E-state index in [0.717, 1.165) is 18.2 Å². The molecule has 0 atom stereocenters. The predicted molar refractivity (Wildman–Crippen MR) is 72.7 cm³/mol. The van der Waals surface area contributed by atoms with Crippen molar-refractivity contribution in [3.05, 3.63) is 28.3 Å². The number of nitro benzene ring substituents is 1. The topological polar surface area (TPSA) is 72.4 Å². The highest BCUT2D eigenvalue weighted by atomic mass is 16.6. The fourth-order valence-corrected chi connectivity index (χ4v) is 2.08. The number of non-ortho nitro benzene ring substituents is 1. The Labute approximate surface area is 107 Å². The first-order chi connectivity index (χ1) is 8.47. The third-order valence-electron chi connectivity index (χ3n) is 3.24. The van der Waals surface area contributed by atoms with Crippen molar-refractivity contribution in [3.8, 4) is 0 Å². The van der Waals surface area contributed by atoms with E-state index in [1.54, 1.807) is 6.07 Å². The third kappa shape index (κ3) is 2.91. The molecule has 5 nitrogen and oxygen atoms in total. The molecule has 0 aromatic heterocycles. The normalized spacial score (nSPS) is 14.8. The molecule has 1 aliphatic rings. The number of nitrogens with zero attached hydrogens (tertiary/aromatic N) is 2. The lowest BCUT2D eigenvalue weighted by Gasteiger charge is -2.29. The molecule has 0 radical (unpaired) electrons. The molecular weight excluding hydrogens is 230 g/mol. The van der Waals surface area contributed by atoms with Gasteiger partial charge >= 0.3 is 0 Å². The lowest BCUT2D eigenvalue weighted by Crippen LogP contribution is -2.32. The number of hydrogen-bond donors (Lipinski definition) is 1. The van der Waals surface area contributed by atoms with Crippen LogP contribution in [0.5, 0.6) is 0 Å². The second-order valence-corrected chi connectivity index (χ2v) is 5.23. The molecule has 0 unspecified atom stereocenters. The quantitative estimate of drug-likeness (QED) is 0.494. The van der Waals surface area contributed by atoms with Crippen LogP contribution in [0.2, 0.25) is 0 Å². The summed E-state index contributed by atoms with van der Waals surface area (Å²) in [6.07, 6.45) is 2.52. The molecular formula is C13H19N3O2. The Balaban J connectivity index is 2.30. The fraction of sp³-hybridized carbons (Fsp3) is 0.538. The van der Waals surface area contributed by atoms with E-state index in [2.05, 4.69) is 18.7 Å². The van der Waals surface area contributed by atoms with Crippen molar-refractivity contribution in [2.45, 2.75) is 32.7 Å². The summed E-state index contributed by atoms with van der Waals surface area (Å²) in [6, 6.07) is 5.14. The van der Waals surface area contributed by atoms with Crippen LogP contribution >= 0.6 is 0 Å². The first-order valence-electron chi connectivity index (χ1n) is 6.29. The number of anilines is 2. The lowest BCUT2D eigenvalue weighted by molar-refractivity contribution is -0.384. The van der Waals surface area contributed by atoms with Crippen molar-refractivity contribution in [3.63, 3.8) is 0 Å². The summed E-state index contributed by atoms with van der Waals surface area (Å²) in [5, 5.41) is 10.9. The Hall–Kier alpha value is -1.78. The van der Waals surface area contributed by atoms with E-state index < -0.39 is 4.92 Å². The van der Waals surface area contributed by atoms with Gasteiger partial charge in [-0.05, 0) is 38.7 Å². The lowest BCUT2D eigenvalue weighted by atomic mass is 10.2. The second kappa shape index (κ2) is 4.84.